The minimum absolute atomic E-state index is 0.0118. The van der Waals surface area contributed by atoms with E-state index in [0.29, 0.717) is 62.1 Å². The average Bonchev–Trinajstić information content (AvgIpc) is 2.84. The highest BCUT2D eigenvalue weighted by molar-refractivity contribution is 5.94. The highest BCUT2D eigenvalue weighted by Crippen LogP contribution is 2.27. The molecule has 4 rings (SSSR count). The van der Waals surface area contributed by atoms with Gasteiger partial charge in [0.1, 0.15) is 5.82 Å². The molecule has 1 atom stereocenters. The first-order chi connectivity index (χ1) is 16.3. The van der Waals surface area contributed by atoms with Gasteiger partial charge in [0, 0.05) is 49.4 Å². The van der Waals surface area contributed by atoms with E-state index in [1.54, 1.807) is 29.2 Å². The maximum atomic E-state index is 13.4. The van der Waals surface area contributed by atoms with Crippen molar-refractivity contribution in [1.29, 1.82) is 0 Å². The van der Waals surface area contributed by atoms with Crippen LogP contribution in [0.1, 0.15) is 43.0 Å². The van der Waals surface area contributed by atoms with Gasteiger partial charge >= 0.3 is 6.09 Å². The summed E-state index contributed by atoms with van der Waals surface area (Å²) in [5.74, 6) is -0.568. The number of benzene rings is 1. The number of hydrogen-bond acceptors (Lipinski definition) is 4. The smallest absolute Gasteiger partial charge is 0.407 e. The highest BCUT2D eigenvalue weighted by atomic mass is 19.1. The Labute approximate surface area is 197 Å². The summed E-state index contributed by atoms with van der Waals surface area (Å²) in [6, 6.07) is 9.29. The molecule has 1 saturated heterocycles. The molecule has 2 heterocycles. The van der Waals surface area contributed by atoms with E-state index in [4.69, 9.17) is 0 Å². The maximum Gasteiger partial charge on any atom is 0.407 e. The number of carbonyl (C=O) groups is 3. The first-order valence-electron chi connectivity index (χ1n) is 11.6. The van der Waals surface area contributed by atoms with Crippen molar-refractivity contribution in [3.8, 4) is 11.3 Å². The normalized spacial score (nSPS) is 22.8. The summed E-state index contributed by atoms with van der Waals surface area (Å²) in [4.78, 5) is 44.3. The van der Waals surface area contributed by atoms with Gasteiger partial charge in [0.2, 0.25) is 5.91 Å². The number of carboxylic acid groups (broad SMARTS) is 1. The van der Waals surface area contributed by atoms with Crippen molar-refractivity contribution < 1.29 is 23.9 Å². The Morgan fingerprint density at radius 3 is 2.47 bits per heavy atom. The molecule has 1 aromatic carbocycles. The van der Waals surface area contributed by atoms with E-state index in [2.05, 4.69) is 10.3 Å². The number of carbonyl (C=O) groups excluding carboxylic acids is 2. The summed E-state index contributed by atoms with van der Waals surface area (Å²) in [6.07, 6.45) is 3.34. The predicted octanol–water partition coefficient (Wildman–Crippen LogP) is 3.39. The molecule has 1 saturated carbocycles. The van der Waals surface area contributed by atoms with Crippen LogP contribution in [0.15, 0.2) is 42.6 Å². The Kier molecular flexibility index (Phi) is 7.09. The van der Waals surface area contributed by atoms with Crippen molar-refractivity contribution in [2.45, 2.75) is 44.7 Å². The Balaban J connectivity index is 1.26. The zero-order chi connectivity index (χ0) is 24.2. The third-order valence-electron chi connectivity index (χ3n) is 6.74. The monoisotopic (exact) mass is 468 g/mol. The van der Waals surface area contributed by atoms with Gasteiger partial charge in [-0.15, -0.1) is 0 Å². The average molecular weight is 469 g/mol. The second-order valence-electron chi connectivity index (χ2n) is 9.07. The quantitative estimate of drug-likeness (QED) is 0.716. The number of halogens is 1. The summed E-state index contributed by atoms with van der Waals surface area (Å²) in [7, 11) is 0. The van der Waals surface area contributed by atoms with Crippen molar-refractivity contribution in [1.82, 2.24) is 20.1 Å². The standard InChI is InChI=1S/C25H29FN4O4/c1-16-15-29(11-12-30(16)25(33)34)24(32)17-5-8-21(9-6-17)28-23(31)19-7-10-22(27-14-19)18-3-2-4-20(26)13-18/h2-4,7,10,13-14,16-17,21H,5-6,8-9,11-12,15H2,1H3,(H,28,31)(H,33,34)/t16-,17?,21?/m0/s1. The zero-order valence-corrected chi connectivity index (χ0v) is 19.1. The lowest BCUT2D eigenvalue weighted by molar-refractivity contribution is -0.139. The van der Waals surface area contributed by atoms with E-state index < -0.39 is 6.09 Å². The number of nitrogens with one attached hydrogen (secondary N) is 1. The SMILES string of the molecule is C[C@H]1CN(C(=O)C2CCC(NC(=O)c3ccc(-c4cccc(F)c4)nc3)CC2)CCN1C(=O)O. The van der Waals surface area contributed by atoms with E-state index in [1.807, 2.05) is 6.92 Å². The lowest BCUT2D eigenvalue weighted by atomic mass is 9.84. The van der Waals surface area contributed by atoms with Crippen LogP contribution < -0.4 is 5.32 Å². The molecule has 0 radical (unpaired) electrons. The largest absolute Gasteiger partial charge is 0.465 e. The van der Waals surface area contributed by atoms with Crippen molar-refractivity contribution in [2.24, 2.45) is 5.92 Å². The third kappa shape index (κ3) is 5.35. The molecule has 1 aromatic heterocycles. The Hall–Kier alpha value is -3.49. The number of hydrogen-bond donors (Lipinski definition) is 2. The van der Waals surface area contributed by atoms with Crippen LogP contribution in [-0.2, 0) is 4.79 Å². The first kappa shape index (κ1) is 23.7. The number of pyridine rings is 1. The van der Waals surface area contributed by atoms with E-state index in [0.717, 1.165) is 0 Å². The van der Waals surface area contributed by atoms with Gasteiger partial charge in [-0.1, -0.05) is 12.1 Å². The molecule has 34 heavy (non-hydrogen) atoms. The van der Waals surface area contributed by atoms with Gasteiger partial charge in [-0.25, -0.2) is 9.18 Å². The van der Waals surface area contributed by atoms with Crippen LogP contribution in [-0.4, -0.2) is 69.5 Å². The number of aromatic nitrogens is 1. The lowest BCUT2D eigenvalue weighted by Crippen LogP contribution is -2.56. The van der Waals surface area contributed by atoms with Crippen molar-refractivity contribution in [2.75, 3.05) is 19.6 Å². The predicted molar refractivity (Wildman–Crippen MR) is 124 cm³/mol. The number of amides is 3. The Morgan fingerprint density at radius 2 is 1.85 bits per heavy atom. The van der Waals surface area contributed by atoms with Crippen LogP contribution in [0.3, 0.4) is 0 Å². The number of rotatable bonds is 4. The second kappa shape index (κ2) is 10.2. The van der Waals surface area contributed by atoms with Crippen LogP contribution in [0.25, 0.3) is 11.3 Å². The lowest BCUT2D eigenvalue weighted by Gasteiger charge is -2.40. The molecule has 9 heteroatoms. The molecular formula is C25H29FN4O4. The molecule has 2 fully saturated rings. The van der Waals surface area contributed by atoms with Crippen LogP contribution in [0, 0.1) is 11.7 Å². The summed E-state index contributed by atoms with van der Waals surface area (Å²) < 4.78 is 13.4. The summed E-state index contributed by atoms with van der Waals surface area (Å²) in [5, 5.41) is 12.2. The van der Waals surface area contributed by atoms with Gasteiger partial charge in [0.15, 0.2) is 0 Å². The summed E-state index contributed by atoms with van der Waals surface area (Å²) in [6.45, 7) is 2.99. The highest BCUT2D eigenvalue weighted by Gasteiger charge is 2.34. The van der Waals surface area contributed by atoms with Crippen LogP contribution in [0.4, 0.5) is 9.18 Å². The zero-order valence-electron chi connectivity index (χ0n) is 19.1. The Bertz CT molecular complexity index is 1050. The molecular weight excluding hydrogens is 439 g/mol. The minimum atomic E-state index is -0.949. The summed E-state index contributed by atoms with van der Waals surface area (Å²) in [5.41, 5.74) is 1.67. The fourth-order valence-electron chi connectivity index (χ4n) is 4.80. The first-order valence-corrected chi connectivity index (χ1v) is 11.6. The van der Waals surface area contributed by atoms with Crippen molar-refractivity contribution >= 4 is 17.9 Å². The molecule has 0 spiro atoms. The van der Waals surface area contributed by atoms with Gasteiger partial charge in [0.25, 0.3) is 5.91 Å². The molecule has 180 valence electrons. The molecule has 1 aliphatic heterocycles. The molecule has 8 nitrogen and oxygen atoms in total. The van der Waals surface area contributed by atoms with Gasteiger partial charge in [0.05, 0.1) is 11.3 Å². The van der Waals surface area contributed by atoms with Gasteiger partial charge in [-0.05, 0) is 56.9 Å². The van der Waals surface area contributed by atoms with E-state index in [-0.39, 0.29) is 35.6 Å². The van der Waals surface area contributed by atoms with Crippen molar-refractivity contribution in [3.05, 3.63) is 54.0 Å². The molecule has 1 aliphatic carbocycles. The van der Waals surface area contributed by atoms with E-state index >= 15 is 0 Å². The number of nitrogens with zero attached hydrogens (tertiary/aromatic N) is 3. The fourth-order valence-corrected chi connectivity index (χ4v) is 4.80. The summed E-state index contributed by atoms with van der Waals surface area (Å²) >= 11 is 0. The molecule has 2 aliphatic rings. The van der Waals surface area contributed by atoms with Gasteiger partial charge in [-0.2, -0.15) is 0 Å². The Morgan fingerprint density at radius 1 is 1.09 bits per heavy atom. The minimum Gasteiger partial charge on any atom is -0.465 e. The van der Waals surface area contributed by atoms with Crippen LogP contribution in [0.5, 0.6) is 0 Å². The topological polar surface area (TPSA) is 103 Å². The molecule has 2 aromatic rings. The molecule has 0 unspecified atom stereocenters. The fraction of sp³-hybridized carbons (Fsp3) is 0.440. The van der Waals surface area contributed by atoms with Crippen LogP contribution >= 0.6 is 0 Å². The van der Waals surface area contributed by atoms with E-state index in [1.165, 1.54) is 23.2 Å². The molecule has 2 N–H and O–H groups in total. The van der Waals surface area contributed by atoms with Crippen molar-refractivity contribution in [3.63, 3.8) is 0 Å². The van der Waals surface area contributed by atoms with Gasteiger partial charge in [-0.3, -0.25) is 14.6 Å². The second-order valence-corrected chi connectivity index (χ2v) is 9.07. The number of piperazine rings is 1. The maximum absolute atomic E-state index is 13.4. The molecule has 0 bridgehead atoms. The molecule has 3 amide bonds. The third-order valence-corrected chi connectivity index (χ3v) is 6.74. The van der Waals surface area contributed by atoms with E-state index in [9.17, 15) is 23.9 Å². The van der Waals surface area contributed by atoms with Crippen LogP contribution in [0.2, 0.25) is 0 Å². The van der Waals surface area contributed by atoms with Gasteiger partial charge < -0.3 is 20.2 Å².